The van der Waals surface area contributed by atoms with E-state index in [1.165, 1.54) is 0 Å². The minimum atomic E-state index is -0.613. The molecule has 4 atom stereocenters. The molecule has 0 N–H and O–H groups in total. The molecule has 2 amide bonds. The Labute approximate surface area is 139 Å². The molecule has 6 nitrogen and oxygen atoms in total. The van der Waals surface area contributed by atoms with Crippen LogP contribution in [-0.4, -0.2) is 36.0 Å². The van der Waals surface area contributed by atoms with E-state index in [0.717, 1.165) is 11.3 Å². The number of imide groups is 1. The predicted octanol–water partition coefficient (Wildman–Crippen LogP) is 1.37. The first-order valence-electron chi connectivity index (χ1n) is 8.02. The first kappa shape index (κ1) is 14.9. The highest BCUT2D eigenvalue weighted by atomic mass is 16.6. The van der Waals surface area contributed by atoms with Gasteiger partial charge in [-0.1, -0.05) is 30.4 Å². The van der Waals surface area contributed by atoms with Crippen LogP contribution >= 0.6 is 0 Å². The third-order valence-corrected chi connectivity index (χ3v) is 5.02. The molecule has 0 spiro atoms. The number of likely N-dealkylation sites (tertiary alicyclic amines) is 1. The van der Waals surface area contributed by atoms with E-state index in [1.54, 1.807) is 24.3 Å². The van der Waals surface area contributed by atoms with Crippen molar-refractivity contribution in [3.05, 3.63) is 42.5 Å². The number of fused-ring (bicyclic) bond motifs is 5. The van der Waals surface area contributed by atoms with Crippen LogP contribution in [0.15, 0.2) is 42.5 Å². The van der Waals surface area contributed by atoms with Gasteiger partial charge in [0.1, 0.15) is 5.75 Å². The maximum Gasteiger partial charge on any atom is 0.345 e. The second-order valence-electron chi connectivity index (χ2n) is 6.35. The summed E-state index contributed by atoms with van der Waals surface area (Å²) in [6, 6.07) is 8.89. The van der Waals surface area contributed by atoms with Gasteiger partial charge in [-0.15, -0.1) is 0 Å². The summed E-state index contributed by atoms with van der Waals surface area (Å²) < 4.78 is 10.3. The van der Waals surface area contributed by atoms with E-state index in [0.29, 0.717) is 5.75 Å². The van der Waals surface area contributed by atoms with Gasteiger partial charge in [0, 0.05) is 0 Å². The molecule has 2 fully saturated rings. The van der Waals surface area contributed by atoms with Gasteiger partial charge in [0.25, 0.3) is 0 Å². The lowest BCUT2D eigenvalue weighted by Gasteiger charge is -2.17. The van der Waals surface area contributed by atoms with Crippen LogP contribution in [-0.2, 0) is 19.1 Å². The maximum atomic E-state index is 12.4. The SMILES string of the molecule is O=C(COc1ccccc1)OCN1C(=O)C2C3C=CC(C3)C2C1=O. The lowest BCUT2D eigenvalue weighted by Crippen LogP contribution is -2.36. The van der Waals surface area contributed by atoms with E-state index in [1.807, 2.05) is 18.2 Å². The van der Waals surface area contributed by atoms with Gasteiger partial charge in [-0.25, -0.2) is 9.69 Å². The van der Waals surface area contributed by atoms with Crippen LogP contribution in [0.3, 0.4) is 0 Å². The van der Waals surface area contributed by atoms with Crippen LogP contribution in [0.4, 0.5) is 0 Å². The number of rotatable bonds is 5. The molecule has 24 heavy (non-hydrogen) atoms. The van der Waals surface area contributed by atoms with Crippen molar-refractivity contribution in [3.63, 3.8) is 0 Å². The van der Waals surface area contributed by atoms with Gasteiger partial charge in [-0.05, 0) is 30.4 Å². The number of hydrogen-bond acceptors (Lipinski definition) is 5. The average Bonchev–Trinajstić information content (AvgIpc) is 3.27. The van der Waals surface area contributed by atoms with Crippen molar-refractivity contribution in [2.75, 3.05) is 13.3 Å². The molecule has 2 aliphatic carbocycles. The lowest BCUT2D eigenvalue weighted by atomic mass is 9.85. The van der Waals surface area contributed by atoms with Crippen LogP contribution in [0.5, 0.6) is 5.75 Å². The zero-order valence-electron chi connectivity index (χ0n) is 13.0. The second-order valence-corrected chi connectivity index (χ2v) is 6.35. The van der Waals surface area contributed by atoms with Crippen LogP contribution in [0, 0.1) is 23.7 Å². The number of nitrogens with zero attached hydrogens (tertiary/aromatic N) is 1. The van der Waals surface area contributed by atoms with Crippen LogP contribution in [0.25, 0.3) is 0 Å². The molecule has 3 aliphatic rings. The maximum absolute atomic E-state index is 12.4. The number of amides is 2. The van der Waals surface area contributed by atoms with Crippen molar-refractivity contribution in [2.24, 2.45) is 23.7 Å². The fourth-order valence-corrected chi connectivity index (χ4v) is 3.93. The zero-order valence-corrected chi connectivity index (χ0v) is 13.0. The Morgan fingerprint density at radius 1 is 1.04 bits per heavy atom. The molecule has 1 saturated carbocycles. The van der Waals surface area contributed by atoms with Crippen LogP contribution in [0.2, 0.25) is 0 Å². The van der Waals surface area contributed by atoms with Gasteiger partial charge >= 0.3 is 5.97 Å². The van der Waals surface area contributed by atoms with Crippen molar-refractivity contribution >= 4 is 17.8 Å². The molecule has 1 heterocycles. The Morgan fingerprint density at radius 3 is 2.29 bits per heavy atom. The van der Waals surface area contributed by atoms with Crippen molar-refractivity contribution < 1.29 is 23.9 Å². The number of para-hydroxylation sites is 1. The summed E-state index contributed by atoms with van der Waals surface area (Å²) >= 11 is 0. The van der Waals surface area contributed by atoms with Gasteiger partial charge in [-0.2, -0.15) is 0 Å². The number of allylic oxidation sites excluding steroid dienone is 2. The summed E-state index contributed by atoms with van der Waals surface area (Å²) in [6.45, 7) is -0.596. The highest BCUT2D eigenvalue weighted by molar-refractivity contribution is 6.06. The number of hydrogen-bond donors (Lipinski definition) is 0. The summed E-state index contributed by atoms with van der Waals surface area (Å²) in [6.07, 6.45) is 4.94. The van der Waals surface area contributed by atoms with Crippen molar-refractivity contribution in [1.29, 1.82) is 0 Å². The standard InChI is InChI=1S/C18H17NO5/c20-14(9-23-13-4-2-1-3-5-13)24-10-19-17(21)15-11-6-7-12(8-11)16(15)18(19)22/h1-7,11-12,15-16H,8-10H2. The van der Waals surface area contributed by atoms with Crippen molar-refractivity contribution in [2.45, 2.75) is 6.42 Å². The molecule has 0 radical (unpaired) electrons. The molecule has 4 rings (SSSR count). The average molecular weight is 327 g/mol. The van der Waals surface area contributed by atoms with Gasteiger partial charge in [0.2, 0.25) is 11.8 Å². The Morgan fingerprint density at radius 2 is 1.67 bits per heavy atom. The first-order valence-corrected chi connectivity index (χ1v) is 8.02. The van der Waals surface area contributed by atoms with Crippen molar-refractivity contribution in [3.8, 4) is 5.75 Å². The Bertz CT molecular complexity index is 683. The summed E-state index contributed by atoms with van der Waals surface area (Å²) in [7, 11) is 0. The molecule has 1 aromatic rings. The molecule has 4 unspecified atom stereocenters. The lowest BCUT2D eigenvalue weighted by molar-refractivity contribution is -0.158. The molecule has 2 bridgehead atoms. The number of carbonyl (C=O) groups excluding carboxylic acids is 3. The fourth-order valence-electron chi connectivity index (χ4n) is 3.93. The number of esters is 1. The van der Waals surface area contributed by atoms with E-state index in [9.17, 15) is 14.4 Å². The van der Waals surface area contributed by atoms with E-state index >= 15 is 0 Å². The van der Waals surface area contributed by atoms with Gasteiger partial charge in [-0.3, -0.25) is 9.59 Å². The van der Waals surface area contributed by atoms with Crippen molar-refractivity contribution in [1.82, 2.24) is 4.90 Å². The Hall–Kier alpha value is -2.63. The quantitative estimate of drug-likeness (QED) is 0.464. The smallest absolute Gasteiger partial charge is 0.345 e. The van der Waals surface area contributed by atoms with Crippen LogP contribution < -0.4 is 4.74 Å². The Balaban J connectivity index is 1.31. The summed E-state index contributed by atoms with van der Waals surface area (Å²) in [5.41, 5.74) is 0. The van der Waals surface area contributed by atoms with E-state index < -0.39 is 5.97 Å². The highest BCUT2D eigenvalue weighted by Gasteiger charge is 2.59. The Kier molecular flexibility index (Phi) is 3.59. The van der Waals surface area contributed by atoms with Crippen LogP contribution in [0.1, 0.15) is 6.42 Å². The zero-order chi connectivity index (χ0) is 16.7. The van der Waals surface area contributed by atoms with Gasteiger partial charge < -0.3 is 9.47 Å². The molecule has 124 valence electrons. The number of benzene rings is 1. The summed E-state index contributed by atoms with van der Waals surface area (Å²) in [4.78, 5) is 37.7. The van der Waals surface area contributed by atoms with Gasteiger partial charge in [0.15, 0.2) is 13.3 Å². The third-order valence-electron chi connectivity index (χ3n) is 5.02. The number of carbonyl (C=O) groups is 3. The molecule has 1 aromatic carbocycles. The minimum absolute atomic E-state index is 0.151. The fraction of sp³-hybridized carbons (Fsp3) is 0.389. The number of ether oxygens (including phenoxy) is 2. The first-order chi connectivity index (χ1) is 11.6. The third kappa shape index (κ3) is 2.38. The monoisotopic (exact) mass is 327 g/mol. The topological polar surface area (TPSA) is 72.9 Å². The summed E-state index contributed by atoms with van der Waals surface area (Å²) in [5, 5.41) is 0. The second kappa shape index (κ2) is 5.78. The largest absolute Gasteiger partial charge is 0.482 e. The highest BCUT2D eigenvalue weighted by Crippen LogP contribution is 2.52. The van der Waals surface area contributed by atoms with E-state index in [-0.39, 0.29) is 48.8 Å². The molecule has 6 heteroatoms. The predicted molar refractivity (Wildman–Crippen MR) is 82.5 cm³/mol. The molecular formula is C18H17NO5. The molecule has 1 saturated heterocycles. The molecular weight excluding hydrogens is 310 g/mol. The summed E-state index contributed by atoms with van der Waals surface area (Å²) in [5.74, 6) is -0.745. The molecule has 1 aliphatic heterocycles. The van der Waals surface area contributed by atoms with Gasteiger partial charge in [0.05, 0.1) is 11.8 Å². The molecule has 0 aromatic heterocycles. The normalized spacial score (nSPS) is 29.9. The van der Waals surface area contributed by atoms with E-state index in [4.69, 9.17) is 9.47 Å². The minimum Gasteiger partial charge on any atom is -0.482 e. The van der Waals surface area contributed by atoms with E-state index in [2.05, 4.69) is 0 Å².